The maximum absolute atomic E-state index is 12.8. The molecular formula is C63H100O6. The van der Waals surface area contributed by atoms with Crippen LogP contribution >= 0.6 is 0 Å². The van der Waals surface area contributed by atoms with E-state index in [0.717, 1.165) is 141 Å². The molecule has 0 bridgehead atoms. The van der Waals surface area contributed by atoms with Crippen molar-refractivity contribution in [1.82, 2.24) is 0 Å². The molecule has 388 valence electrons. The number of esters is 3. The first-order valence-electron chi connectivity index (χ1n) is 27.7. The number of carbonyl (C=O) groups is 3. The van der Waals surface area contributed by atoms with Crippen LogP contribution in [0.5, 0.6) is 0 Å². The highest BCUT2D eigenvalue weighted by molar-refractivity contribution is 5.71. The first kappa shape index (κ1) is 64.5. The third-order valence-corrected chi connectivity index (χ3v) is 11.1. The van der Waals surface area contributed by atoms with Crippen LogP contribution in [0.2, 0.25) is 0 Å². The van der Waals surface area contributed by atoms with Gasteiger partial charge in [0.15, 0.2) is 6.10 Å². The van der Waals surface area contributed by atoms with E-state index in [1.807, 2.05) is 0 Å². The van der Waals surface area contributed by atoms with E-state index < -0.39 is 6.10 Å². The van der Waals surface area contributed by atoms with E-state index in [1.54, 1.807) is 0 Å². The van der Waals surface area contributed by atoms with Gasteiger partial charge in [0.1, 0.15) is 13.2 Å². The zero-order chi connectivity index (χ0) is 50.0. The summed E-state index contributed by atoms with van der Waals surface area (Å²) in [6, 6.07) is 0. The van der Waals surface area contributed by atoms with Crippen molar-refractivity contribution in [3.63, 3.8) is 0 Å². The van der Waals surface area contributed by atoms with Crippen LogP contribution in [0.15, 0.2) is 134 Å². The molecule has 0 aliphatic heterocycles. The summed E-state index contributed by atoms with van der Waals surface area (Å²) < 4.78 is 16.8. The lowest BCUT2D eigenvalue weighted by molar-refractivity contribution is -0.167. The topological polar surface area (TPSA) is 78.9 Å². The first-order valence-corrected chi connectivity index (χ1v) is 27.7. The minimum atomic E-state index is -0.826. The molecule has 0 aromatic rings. The van der Waals surface area contributed by atoms with Crippen molar-refractivity contribution in [3.8, 4) is 0 Å². The van der Waals surface area contributed by atoms with Gasteiger partial charge in [-0.05, 0) is 128 Å². The molecule has 0 aliphatic carbocycles. The molecule has 1 atom stereocenters. The Morgan fingerprint density at radius 1 is 0.304 bits per heavy atom. The number of allylic oxidation sites excluding steroid dienone is 22. The van der Waals surface area contributed by atoms with Gasteiger partial charge in [0, 0.05) is 19.3 Å². The van der Waals surface area contributed by atoms with E-state index in [1.165, 1.54) is 38.5 Å². The van der Waals surface area contributed by atoms with E-state index in [2.05, 4.69) is 154 Å². The number of rotatable bonds is 48. The molecular weight excluding hydrogens is 853 g/mol. The van der Waals surface area contributed by atoms with Crippen LogP contribution in [0.1, 0.15) is 226 Å². The molecule has 0 aromatic heterocycles. The Hall–Kier alpha value is -4.45. The predicted molar refractivity (Wildman–Crippen MR) is 297 cm³/mol. The standard InChI is InChI=1S/C63H100O6/c1-4-7-10-13-16-19-22-25-28-30-31-33-35-38-41-44-47-50-53-56-62(65)68-59-60(58-67-61(64)55-52-49-46-43-40-37-34-27-24-21-18-15-12-9-6-3)69-63(66)57-54-51-48-45-42-39-36-32-29-26-23-20-17-14-11-8-5-2/h8-9,11-12,16-21,25-29,31,33-34,36,39,45,48,60H,4-7,10,13-15,22-24,30,32,35,37-38,40-44,46-47,49-59H2,1-3H3/b11-8-,12-9-,19-16-,20-17-,21-18-,28-25-,29-26-,33-31-,34-27-,39-36-,48-45-/t60-/m1/s1. The molecule has 6 heteroatoms. The lowest BCUT2D eigenvalue weighted by Crippen LogP contribution is -2.30. The van der Waals surface area contributed by atoms with Crippen molar-refractivity contribution >= 4 is 17.9 Å². The summed E-state index contributed by atoms with van der Waals surface area (Å²) in [5, 5.41) is 0. The third kappa shape index (κ3) is 54.4. The fraction of sp³-hybridized carbons (Fsp3) is 0.603. The van der Waals surface area contributed by atoms with E-state index >= 15 is 0 Å². The highest BCUT2D eigenvalue weighted by Gasteiger charge is 2.19. The van der Waals surface area contributed by atoms with Gasteiger partial charge in [0.25, 0.3) is 0 Å². The van der Waals surface area contributed by atoms with Crippen LogP contribution in [0.3, 0.4) is 0 Å². The monoisotopic (exact) mass is 953 g/mol. The van der Waals surface area contributed by atoms with Crippen LogP contribution in [0.4, 0.5) is 0 Å². The van der Waals surface area contributed by atoms with Gasteiger partial charge >= 0.3 is 17.9 Å². The maximum atomic E-state index is 12.8. The summed E-state index contributed by atoms with van der Waals surface area (Å²) >= 11 is 0. The number of carbonyl (C=O) groups excluding carboxylic acids is 3. The predicted octanol–water partition coefficient (Wildman–Crippen LogP) is 18.6. The summed E-state index contributed by atoms with van der Waals surface area (Å²) in [6.45, 7) is 6.30. The summed E-state index contributed by atoms with van der Waals surface area (Å²) in [7, 11) is 0. The molecule has 0 amide bonds. The molecule has 0 fully saturated rings. The number of hydrogen-bond donors (Lipinski definition) is 0. The average Bonchev–Trinajstić information content (AvgIpc) is 3.35. The van der Waals surface area contributed by atoms with Crippen LogP contribution in [-0.2, 0) is 28.6 Å². The van der Waals surface area contributed by atoms with Crippen molar-refractivity contribution in [2.45, 2.75) is 232 Å². The fourth-order valence-corrected chi connectivity index (χ4v) is 7.03. The van der Waals surface area contributed by atoms with Gasteiger partial charge in [0.05, 0.1) is 0 Å². The molecule has 6 nitrogen and oxygen atoms in total. The highest BCUT2D eigenvalue weighted by atomic mass is 16.6. The van der Waals surface area contributed by atoms with Gasteiger partial charge in [-0.3, -0.25) is 14.4 Å². The zero-order valence-electron chi connectivity index (χ0n) is 44.3. The Morgan fingerprint density at radius 2 is 0.580 bits per heavy atom. The van der Waals surface area contributed by atoms with Crippen molar-refractivity contribution < 1.29 is 28.6 Å². The molecule has 0 aromatic carbocycles. The van der Waals surface area contributed by atoms with Gasteiger partial charge in [-0.15, -0.1) is 0 Å². The Bertz CT molecular complexity index is 1510. The Kier molecular flexibility index (Phi) is 52.5. The molecule has 0 N–H and O–H groups in total. The van der Waals surface area contributed by atoms with E-state index in [-0.39, 0.29) is 37.5 Å². The second kappa shape index (κ2) is 56.1. The second-order valence-corrected chi connectivity index (χ2v) is 17.7. The number of hydrogen-bond acceptors (Lipinski definition) is 6. The first-order chi connectivity index (χ1) is 34.0. The normalized spacial score (nSPS) is 13.1. The molecule has 0 saturated carbocycles. The number of ether oxygens (including phenoxy) is 3. The molecule has 0 unspecified atom stereocenters. The van der Waals surface area contributed by atoms with Gasteiger partial charge in [-0.25, -0.2) is 0 Å². The molecule has 0 aliphatic rings. The van der Waals surface area contributed by atoms with Crippen molar-refractivity contribution in [3.05, 3.63) is 134 Å². The smallest absolute Gasteiger partial charge is 0.306 e. The SMILES string of the molecule is CC/C=C\C/C=C\C/C=C\C/C=C\C/C=C\CCCC(=O)O[C@H](COC(=O)CCCCCCC/C=C\C/C=C\C/C=C\CC)COC(=O)CCCCCCCC/C=C\C/C=C\C/C=C\CCCCC. The second-order valence-electron chi connectivity index (χ2n) is 17.7. The Balaban J connectivity index is 4.55. The fourth-order valence-electron chi connectivity index (χ4n) is 7.03. The third-order valence-electron chi connectivity index (χ3n) is 11.1. The number of unbranched alkanes of at least 4 members (excludes halogenated alkanes) is 15. The summed E-state index contributed by atoms with van der Waals surface area (Å²) in [5.74, 6) is -1.01. The van der Waals surface area contributed by atoms with E-state index in [0.29, 0.717) is 19.3 Å². The van der Waals surface area contributed by atoms with Gasteiger partial charge < -0.3 is 14.2 Å². The lowest BCUT2D eigenvalue weighted by Gasteiger charge is -2.18. The Labute approximate surface area is 424 Å². The maximum Gasteiger partial charge on any atom is 0.306 e. The molecule has 69 heavy (non-hydrogen) atoms. The highest BCUT2D eigenvalue weighted by Crippen LogP contribution is 2.13. The largest absolute Gasteiger partial charge is 0.462 e. The lowest BCUT2D eigenvalue weighted by atomic mass is 10.1. The van der Waals surface area contributed by atoms with Crippen LogP contribution in [0, 0.1) is 0 Å². The summed E-state index contributed by atoms with van der Waals surface area (Å²) in [5.41, 5.74) is 0. The van der Waals surface area contributed by atoms with Crippen LogP contribution in [0.25, 0.3) is 0 Å². The van der Waals surface area contributed by atoms with Crippen molar-refractivity contribution in [2.24, 2.45) is 0 Å². The quantitative estimate of drug-likeness (QED) is 0.0262. The minimum absolute atomic E-state index is 0.118. The summed E-state index contributed by atoms with van der Waals surface area (Å²) in [4.78, 5) is 38.1. The van der Waals surface area contributed by atoms with Crippen LogP contribution in [-0.4, -0.2) is 37.2 Å². The minimum Gasteiger partial charge on any atom is -0.462 e. The van der Waals surface area contributed by atoms with Gasteiger partial charge in [-0.1, -0.05) is 212 Å². The van der Waals surface area contributed by atoms with Crippen LogP contribution < -0.4 is 0 Å². The molecule has 0 radical (unpaired) electrons. The molecule has 0 heterocycles. The average molecular weight is 953 g/mol. The van der Waals surface area contributed by atoms with E-state index in [9.17, 15) is 14.4 Å². The molecule has 0 spiro atoms. The molecule has 0 saturated heterocycles. The van der Waals surface area contributed by atoms with E-state index in [4.69, 9.17) is 14.2 Å². The van der Waals surface area contributed by atoms with Crippen molar-refractivity contribution in [2.75, 3.05) is 13.2 Å². The zero-order valence-corrected chi connectivity index (χ0v) is 44.3. The van der Waals surface area contributed by atoms with Crippen molar-refractivity contribution in [1.29, 1.82) is 0 Å². The summed E-state index contributed by atoms with van der Waals surface area (Å²) in [6.07, 6.45) is 78.7. The Morgan fingerprint density at radius 3 is 0.928 bits per heavy atom. The molecule has 0 rings (SSSR count). The van der Waals surface area contributed by atoms with Gasteiger partial charge in [-0.2, -0.15) is 0 Å². The van der Waals surface area contributed by atoms with Gasteiger partial charge in [0.2, 0.25) is 0 Å².